The van der Waals surface area contributed by atoms with Gasteiger partial charge in [-0.2, -0.15) is 0 Å². The molecule has 5 heteroatoms. The number of pyridine rings is 1. The van der Waals surface area contributed by atoms with Crippen LogP contribution in [0.1, 0.15) is 60.5 Å². The van der Waals surface area contributed by atoms with E-state index in [0.29, 0.717) is 17.3 Å². The summed E-state index contributed by atoms with van der Waals surface area (Å²) in [7, 11) is 0. The number of hydrogen-bond donors (Lipinski definition) is 1. The molecule has 3 heterocycles. The highest BCUT2D eigenvalue weighted by molar-refractivity contribution is 6.06. The second-order valence-corrected chi connectivity index (χ2v) is 7.49. The molecule has 2 N–H and O–H groups in total. The molecule has 0 radical (unpaired) electrons. The Morgan fingerprint density at radius 1 is 1.21 bits per heavy atom. The quantitative estimate of drug-likeness (QED) is 0.938. The first-order valence-electron chi connectivity index (χ1n) is 9.08. The van der Waals surface area contributed by atoms with Crippen molar-refractivity contribution in [2.45, 2.75) is 52.4 Å². The minimum Gasteiger partial charge on any atom is -0.430 e. The molecule has 24 heavy (non-hydrogen) atoms. The first-order chi connectivity index (χ1) is 11.6. The number of carbonyl (C=O) groups excluding carboxylic acids is 1. The van der Waals surface area contributed by atoms with Crippen LogP contribution in [0.15, 0.2) is 4.42 Å². The molecule has 0 unspecified atom stereocenters. The zero-order valence-corrected chi connectivity index (χ0v) is 14.5. The Morgan fingerprint density at radius 3 is 2.62 bits per heavy atom. The van der Waals surface area contributed by atoms with Crippen molar-refractivity contribution in [3.63, 3.8) is 0 Å². The van der Waals surface area contributed by atoms with Gasteiger partial charge >= 0.3 is 0 Å². The normalized spacial score (nSPS) is 17.2. The number of amides is 1. The van der Waals surface area contributed by atoms with Crippen molar-refractivity contribution >= 4 is 22.7 Å². The molecule has 2 aliphatic rings. The molecule has 2 aromatic rings. The van der Waals surface area contributed by atoms with Gasteiger partial charge in [0.1, 0.15) is 0 Å². The molecule has 5 nitrogen and oxygen atoms in total. The Bertz CT molecular complexity index is 801. The van der Waals surface area contributed by atoms with Gasteiger partial charge in [0.05, 0.1) is 11.1 Å². The first-order valence-corrected chi connectivity index (χ1v) is 9.08. The lowest BCUT2D eigenvalue weighted by molar-refractivity contribution is 0.0764. The number of carbonyl (C=O) groups is 1. The molecular formula is C19H25N3O2. The van der Waals surface area contributed by atoms with Crippen molar-refractivity contribution in [1.29, 1.82) is 0 Å². The monoisotopic (exact) mass is 327 g/mol. The van der Waals surface area contributed by atoms with Crippen LogP contribution in [0.25, 0.3) is 11.1 Å². The molecule has 1 aliphatic carbocycles. The SMILES string of the molecule is CC(C)Cc1nc2oc(C(=O)N3CCCC3)c(N)c2c2c1CCC2. The Labute approximate surface area is 142 Å². The predicted molar refractivity (Wildman–Crippen MR) is 94.1 cm³/mol. The number of aromatic nitrogens is 1. The average molecular weight is 327 g/mol. The van der Waals surface area contributed by atoms with Gasteiger partial charge in [0.2, 0.25) is 11.5 Å². The van der Waals surface area contributed by atoms with E-state index in [1.807, 2.05) is 4.90 Å². The summed E-state index contributed by atoms with van der Waals surface area (Å²) in [5, 5.41) is 0.887. The minimum absolute atomic E-state index is 0.0832. The largest absolute Gasteiger partial charge is 0.430 e. The fraction of sp³-hybridized carbons (Fsp3) is 0.579. The number of nitrogen functional groups attached to an aromatic ring is 1. The third kappa shape index (κ3) is 2.38. The second kappa shape index (κ2) is 5.80. The predicted octanol–water partition coefficient (Wildman–Crippen LogP) is 3.33. The van der Waals surface area contributed by atoms with Gasteiger partial charge in [-0.1, -0.05) is 13.8 Å². The summed E-state index contributed by atoms with van der Waals surface area (Å²) >= 11 is 0. The summed E-state index contributed by atoms with van der Waals surface area (Å²) in [6, 6.07) is 0. The van der Waals surface area contributed by atoms with E-state index < -0.39 is 0 Å². The molecule has 1 saturated heterocycles. The Kier molecular flexibility index (Phi) is 3.74. The average Bonchev–Trinajstić information content (AvgIpc) is 3.25. The van der Waals surface area contributed by atoms with Crippen LogP contribution >= 0.6 is 0 Å². The van der Waals surface area contributed by atoms with Crippen LogP contribution in [0, 0.1) is 5.92 Å². The fourth-order valence-electron chi connectivity index (χ4n) is 4.11. The fourth-order valence-corrected chi connectivity index (χ4v) is 4.11. The Hall–Kier alpha value is -2.04. The van der Waals surface area contributed by atoms with E-state index in [-0.39, 0.29) is 11.7 Å². The van der Waals surface area contributed by atoms with Crippen molar-refractivity contribution in [1.82, 2.24) is 9.88 Å². The highest BCUT2D eigenvalue weighted by Gasteiger charge is 2.30. The van der Waals surface area contributed by atoms with E-state index in [2.05, 4.69) is 13.8 Å². The van der Waals surface area contributed by atoms with E-state index in [0.717, 1.165) is 62.7 Å². The third-order valence-corrected chi connectivity index (χ3v) is 5.22. The van der Waals surface area contributed by atoms with Crippen LogP contribution in [0.3, 0.4) is 0 Å². The lowest BCUT2D eigenvalue weighted by Crippen LogP contribution is -2.27. The van der Waals surface area contributed by atoms with Gasteiger partial charge in [0.15, 0.2) is 0 Å². The standard InChI is InChI=1S/C19H25N3O2/c1-11(2)10-14-12-6-5-7-13(12)15-16(20)17(24-18(15)21-14)19(23)22-8-3-4-9-22/h11H,3-10,20H2,1-2H3. The molecule has 0 atom stereocenters. The number of rotatable bonds is 3. The zero-order valence-electron chi connectivity index (χ0n) is 14.5. The Morgan fingerprint density at radius 2 is 1.92 bits per heavy atom. The molecular weight excluding hydrogens is 302 g/mol. The molecule has 0 saturated carbocycles. The Balaban J connectivity index is 1.84. The first kappa shape index (κ1) is 15.5. The highest BCUT2D eigenvalue weighted by Crippen LogP contribution is 2.38. The molecule has 0 aromatic carbocycles. The molecule has 128 valence electrons. The summed E-state index contributed by atoms with van der Waals surface area (Å²) in [5.74, 6) is 0.744. The smallest absolute Gasteiger partial charge is 0.291 e. The number of fused-ring (bicyclic) bond motifs is 3. The summed E-state index contributed by atoms with van der Waals surface area (Å²) < 4.78 is 5.89. The zero-order chi connectivity index (χ0) is 16.8. The second-order valence-electron chi connectivity index (χ2n) is 7.49. The van der Waals surface area contributed by atoms with Crippen LogP contribution < -0.4 is 5.73 Å². The van der Waals surface area contributed by atoms with E-state index in [1.165, 1.54) is 11.1 Å². The van der Waals surface area contributed by atoms with Crippen molar-refractivity contribution in [2.75, 3.05) is 18.8 Å². The van der Waals surface area contributed by atoms with Crippen molar-refractivity contribution < 1.29 is 9.21 Å². The van der Waals surface area contributed by atoms with Crippen molar-refractivity contribution in [3.8, 4) is 0 Å². The number of nitrogens with two attached hydrogens (primary N) is 1. The van der Waals surface area contributed by atoms with Crippen LogP contribution in [-0.2, 0) is 19.3 Å². The maximum atomic E-state index is 12.7. The number of aryl methyl sites for hydroxylation is 1. The maximum Gasteiger partial charge on any atom is 0.291 e. The topological polar surface area (TPSA) is 72.4 Å². The van der Waals surface area contributed by atoms with E-state index in [1.54, 1.807) is 0 Å². The van der Waals surface area contributed by atoms with Crippen molar-refractivity contribution in [3.05, 3.63) is 22.6 Å². The maximum absolute atomic E-state index is 12.7. The summed E-state index contributed by atoms with van der Waals surface area (Å²) in [4.78, 5) is 19.3. The van der Waals surface area contributed by atoms with Gasteiger partial charge < -0.3 is 15.1 Å². The summed E-state index contributed by atoms with van der Waals surface area (Å²) in [6.07, 6.45) is 6.23. The molecule has 1 aliphatic heterocycles. The van der Waals surface area contributed by atoms with Crippen LogP contribution in [0.2, 0.25) is 0 Å². The summed E-state index contributed by atoms with van der Waals surface area (Å²) in [5.41, 5.74) is 11.1. The van der Waals surface area contributed by atoms with E-state index in [4.69, 9.17) is 15.1 Å². The number of hydrogen-bond acceptors (Lipinski definition) is 4. The number of nitrogens with zero attached hydrogens (tertiary/aromatic N) is 2. The third-order valence-electron chi connectivity index (χ3n) is 5.22. The van der Waals surface area contributed by atoms with Crippen molar-refractivity contribution in [2.24, 2.45) is 5.92 Å². The lowest BCUT2D eigenvalue weighted by atomic mass is 9.99. The number of likely N-dealkylation sites (tertiary alicyclic amines) is 1. The molecule has 0 bridgehead atoms. The molecule has 4 rings (SSSR count). The molecule has 1 fully saturated rings. The number of anilines is 1. The lowest BCUT2D eigenvalue weighted by Gasteiger charge is -2.13. The van der Waals surface area contributed by atoms with Gasteiger partial charge in [-0.3, -0.25) is 4.79 Å². The summed E-state index contributed by atoms with van der Waals surface area (Å²) in [6.45, 7) is 5.98. The van der Waals surface area contributed by atoms with Crippen LogP contribution in [0.5, 0.6) is 0 Å². The minimum atomic E-state index is -0.0832. The van der Waals surface area contributed by atoms with Gasteiger partial charge in [-0.05, 0) is 55.6 Å². The molecule has 0 spiro atoms. The van der Waals surface area contributed by atoms with E-state index >= 15 is 0 Å². The van der Waals surface area contributed by atoms with Crippen LogP contribution in [0.4, 0.5) is 5.69 Å². The highest BCUT2D eigenvalue weighted by atomic mass is 16.4. The van der Waals surface area contributed by atoms with Gasteiger partial charge in [-0.25, -0.2) is 4.98 Å². The van der Waals surface area contributed by atoms with E-state index in [9.17, 15) is 4.79 Å². The molecule has 2 aromatic heterocycles. The van der Waals surface area contributed by atoms with Gasteiger partial charge in [0.25, 0.3) is 5.91 Å². The number of furan rings is 1. The molecule has 1 amide bonds. The van der Waals surface area contributed by atoms with Crippen LogP contribution in [-0.4, -0.2) is 28.9 Å². The van der Waals surface area contributed by atoms with Gasteiger partial charge in [0, 0.05) is 18.8 Å². The van der Waals surface area contributed by atoms with Gasteiger partial charge in [-0.15, -0.1) is 0 Å².